The molecule has 9 heteroatoms. The van der Waals surface area contributed by atoms with Gasteiger partial charge >= 0.3 is 6.61 Å². The van der Waals surface area contributed by atoms with Crippen LogP contribution in [-0.4, -0.2) is 35.4 Å². The summed E-state index contributed by atoms with van der Waals surface area (Å²) in [5, 5.41) is 10.0. The van der Waals surface area contributed by atoms with Gasteiger partial charge in [0.25, 0.3) is 0 Å². The molecule has 2 aromatic rings. The molecule has 3 rings (SSSR count). The van der Waals surface area contributed by atoms with Gasteiger partial charge in [0.15, 0.2) is 0 Å². The fraction of sp³-hybridized carbons (Fsp3) is 0.412. The van der Waals surface area contributed by atoms with E-state index >= 15 is 0 Å². The minimum absolute atomic E-state index is 0.120. The molecule has 0 aliphatic carbocycles. The number of carbonyl (C=O) groups is 1. The van der Waals surface area contributed by atoms with Crippen LogP contribution in [-0.2, 0) is 16.9 Å². The smallest absolute Gasteiger partial charge is 0.387 e. The number of piperidine rings is 1. The number of rotatable bonds is 6. The third-order valence-electron chi connectivity index (χ3n) is 4.51. The average molecular weight is 368 g/mol. The van der Waals surface area contributed by atoms with Crippen molar-refractivity contribution in [2.24, 2.45) is 0 Å². The predicted octanol–water partition coefficient (Wildman–Crippen LogP) is 2.02. The molecule has 0 atom stereocenters. The lowest BCUT2D eigenvalue weighted by atomic mass is 9.87. The Bertz CT molecular complexity index is 746. The minimum Gasteiger partial charge on any atom is -0.434 e. The van der Waals surface area contributed by atoms with Gasteiger partial charge in [-0.15, -0.1) is 0 Å². The van der Waals surface area contributed by atoms with E-state index in [1.807, 2.05) is 0 Å². The van der Waals surface area contributed by atoms with Crippen LogP contribution in [0.15, 0.2) is 36.7 Å². The topological polar surface area (TPSA) is 68.2 Å². The molecule has 26 heavy (non-hydrogen) atoms. The van der Waals surface area contributed by atoms with Crippen LogP contribution in [0.2, 0.25) is 0 Å². The lowest BCUT2D eigenvalue weighted by Gasteiger charge is -2.36. The SMILES string of the molecule is O=C(NCc1c(F)cccc1OC(F)F)C1(n2cccn2)CCNCC1. The molecule has 6 nitrogen and oxygen atoms in total. The first-order chi connectivity index (χ1) is 12.5. The lowest BCUT2D eigenvalue weighted by molar-refractivity contribution is -0.132. The second-order valence-corrected chi connectivity index (χ2v) is 6.01. The van der Waals surface area contributed by atoms with Crippen molar-refractivity contribution in [3.05, 3.63) is 48.0 Å². The molecule has 1 saturated heterocycles. The highest BCUT2D eigenvalue weighted by Gasteiger charge is 2.41. The van der Waals surface area contributed by atoms with Crippen molar-refractivity contribution in [3.8, 4) is 5.75 Å². The van der Waals surface area contributed by atoms with E-state index in [0.29, 0.717) is 25.9 Å². The van der Waals surface area contributed by atoms with Gasteiger partial charge in [-0.05, 0) is 44.1 Å². The molecule has 0 bridgehead atoms. The number of amides is 1. The van der Waals surface area contributed by atoms with Gasteiger partial charge in [0.05, 0.1) is 0 Å². The van der Waals surface area contributed by atoms with Gasteiger partial charge in [-0.25, -0.2) is 4.39 Å². The Morgan fingerprint density at radius 3 is 2.77 bits per heavy atom. The zero-order valence-electron chi connectivity index (χ0n) is 13.9. The van der Waals surface area contributed by atoms with Crippen LogP contribution in [0.25, 0.3) is 0 Å². The highest BCUT2D eigenvalue weighted by Crippen LogP contribution is 2.28. The van der Waals surface area contributed by atoms with Crippen molar-refractivity contribution in [2.45, 2.75) is 31.5 Å². The summed E-state index contributed by atoms with van der Waals surface area (Å²) in [6.07, 6.45) is 4.32. The quantitative estimate of drug-likeness (QED) is 0.819. The lowest BCUT2D eigenvalue weighted by Crippen LogP contribution is -2.54. The maximum atomic E-state index is 14.1. The summed E-state index contributed by atoms with van der Waals surface area (Å²) < 4.78 is 45.0. The minimum atomic E-state index is -3.08. The molecule has 0 unspecified atom stereocenters. The summed E-state index contributed by atoms with van der Waals surface area (Å²) in [5.74, 6) is -1.35. The van der Waals surface area contributed by atoms with Crippen LogP contribution in [0.3, 0.4) is 0 Å². The molecule has 1 aliphatic rings. The number of nitrogens with one attached hydrogen (secondary N) is 2. The van der Waals surface area contributed by atoms with Gasteiger partial charge in [-0.3, -0.25) is 9.48 Å². The largest absolute Gasteiger partial charge is 0.434 e. The van der Waals surface area contributed by atoms with E-state index in [4.69, 9.17) is 0 Å². The molecule has 0 radical (unpaired) electrons. The summed E-state index contributed by atoms with van der Waals surface area (Å²) in [7, 11) is 0. The summed E-state index contributed by atoms with van der Waals surface area (Å²) in [6.45, 7) is -2.07. The molecule has 0 spiro atoms. The number of halogens is 3. The van der Waals surface area contributed by atoms with Crippen molar-refractivity contribution in [1.82, 2.24) is 20.4 Å². The van der Waals surface area contributed by atoms with Crippen LogP contribution in [0.1, 0.15) is 18.4 Å². The second-order valence-electron chi connectivity index (χ2n) is 6.01. The van der Waals surface area contributed by atoms with E-state index in [2.05, 4.69) is 20.5 Å². The van der Waals surface area contributed by atoms with Crippen LogP contribution in [0.5, 0.6) is 5.75 Å². The summed E-state index contributed by atoms with van der Waals surface area (Å²) in [6, 6.07) is 5.37. The first-order valence-electron chi connectivity index (χ1n) is 8.24. The molecule has 1 aromatic carbocycles. The van der Waals surface area contributed by atoms with Crippen LogP contribution >= 0.6 is 0 Å². The molecular formula is C17H19F3N4O2. The highest BCUT2D eigenvalue weighted by atomic mass is 19.3. The van der Waals surface area contributed by atoms with Gasteiger partial charge in [0.1, 0.15) is 17.1 Å². The van der Waals surface area contributed by atoms with Crippen molar-refractivity contribution in [2.75, 3.05) is 13.1 Å². The van der Waals surface area contributed by atoms with Crippen LogP contribution < -0.4 is 15.4 Å². The number of benzene rings is 1. The monoisotopic (exact) mass is 368 g/mol. The van der Waals surface area contributed by atoms with E-state index in [1.165, 1.54) is 12.1 Å². The third-order valence-corrected chi connectivity index (χ3v) is 4.51. The zero-order chi connectivity index (χ0) is 18.6. The van der Waals surface area contributed by atoms with E-state index in [9.17, 15) is 18.0 Å². The Balaban J connectivity index is 1.80. The summed E-state index contributed by atoms with van der Waals surface area (Å²) in [4.78, 5) is 12.9. The Kier molecular flexibility index (Phi) is 5.46. The van der Waals surface area contributed by atoms with Gasteiger partial charge < -0.3 is 15.4 Å². The zero-order valence-corrected chi connectivity index (χ0v) is 13.9. The fourth-order valence-electron chi connectivity index (χ4n) is 3.17. The van der Waals surface area contributed by atoms with Crippen LogP contribution in [0.4, 0.5) is 13.2 Å². The number of nitrogens with zero attached hydrogens (tertiary/aromatic N) is 2. The summed E-state index contributed by atoms with van der Waals surface area (Å²) in [5.41, 5.74) is -1.02. The van der Waals surface area contributed by atoms with Gasteiger partial charge in [0, 0.05) is 24.5 Å². The van der Waals surface area contributed by atoms with E-state index < -0.39 is 18.0 Å². The first kappa shape index (κ1) is 18.2. The first-order valence-corrected chi connectivity index (χ1v) is 8.24. The third kappa shape index (κ3) is 3.67. The molecular weight excluding hydrogens is 349 g/mol. The Labute approximate surface area is 148 Å². The van der Waals surface area contributed by atoms with Crippen molar-refractivity contribution >= 4 is 5.91 Å². The number of aromatic nitrogens is 2. The van der Waals surface area contributed by atoms with E-state index in [1.54, 1.807) is 23.1 Å². The number of ether oxygens (including phenoxy) is 1. The highest BCUT2D eigenvalue weighted by molar-refractivity contribution is 5.84. The standard InChI is InChI=1S/C17H19F3N4O2/c18-13-3-1-4-14(26-16(19)20)12(13)11-22-15(25)17(5-8-21-9-6-17)24-10-2-7-23-24/h1-4,7,10,16,21H,5-6,8-9,11H2,(H,22,25). The van der Waals surface area contributed by atoms with Gasteiger partial charge in [-0.1, -0.05) is 6.07 Å². The Hall–Kier alpha value is -2.55. The normalized spacial score (nSPS) is 16.5. The van der Waals surface area contributed by atoms with Gasteiger partial charge in [0.2, 0.25) is 5.91 Å². The number of hydrogen-bond donors (Lipinski definition) is 2. The number of carbonyl (C=O) groups excluding carboxylic acids is 1. The molecule has 1 fully saturated rings. The second kappa shape index (κ2) is 7.77. The van der Waals surface area contributed by atoms with Gasteiger partial charge in [-0.2, -0.15) is 13.9 Å². The molecule has 1 aromatic heterocycles. The fourth-order valence-corrected chi connectivity index (χ4v) is 3.17. The Morgan fingerprint density at radius 2 is 2.12 bits per heavy atom. The van der Waals surface area contributed by atoms with Crippen molar-refractivity contribution in [3.63, 3.8) is 0 Å². The predicted molar refractivity (Wildman–Crippen MR) is 87.2 cm³/mol. The van der Waals surface area contributed by atoms with E-state index in [-0.39, 0.29) is 23.8 Å². The maximum Gasteiger partial charge on any atom is 0.387 e. The molecule has 1 aliphatic heterocycles. The Morgan fingerprint density at radius 1 is 1.35 bits per heavy atom. The van der Waals surface area contributed by atoms with Crippen molar-refractivity contribution in [1.29, 1.82) is 0 Å². The maximum absolute atomic E-state index is 14.1. The molecule has 2 heterocycles. The van der Waals surface area contributed by atoms with E-state index in [0.717, 1.165) is 6.07 Å². The molecule has 140 valence electrons. The molecule has 2 N–H and O–H groups in total. The van der Waals surface area contributed by atoms with Crippen LogP contribution in [0, 0.1) is 5.82 Å². The van der Waals surface area contributed by atoms with Crippen molar-refractivity contribution < 1.29 is 22.7 Å². The number of hydrogen-bond acceptors (Lipinski definition) is 4. The number of alkyl halides is 2. The average Bonchev–Trinajstić information content (AvgIpc) is 3.16. The molecule has 0 saturated carbocycles. The summed E-state index contributed by atoms with van der Waals surface area (Å²) >= 11 is 0. The molecule has 1 amide bonds.